The lowest BCUT2D eigenvalue weighted by molar-refractivity contribution is 0.112. The van der Waals surface area contributed by atoms with Crippen LogP contribution in [0.1, 0.15) is 21.5 Å². The first-order valence-electron chi connectivity index (χ1n) is 5.33. The molecule has 4 nitrogen and oxygen atoms in total. The van der Waals surface area contributed by atoms with Gasteiger partial charge in [0, 0.05) is 17.3 Å². The van der Waals surface area contributed by atoms with Crippen molar-refractivity contribution in [3.63, 3.8) is 0 Å². The quantitative estimate of drug-likeness (QED) is 0.771. The number of carbonyl (C=O) groups is 1. The molecule has 18 heavy (non-hydrogen) atoms. The number of benzene rings is 1. The number of ether oxygens (including phenoxy) is 1. The van der Waals surface area contributed by atoms with E-state index in [4.69, 9.17) is 10.00 Å². The van der Waals surface area contributed by atoms with Crippen LogP contribution in [0.25, 0.3) is 0 Å². The minimum Gasteiger partial charge on any atom is -0.437 e. The van der Waals surface area contributed by atoms with E-state index in [9.17, 15) is 4.79 Å². The van der Waals surface area contributed by atoms with Gasteiger partial charge in [-0.3, -0.25) is 4.79 Å². The van der Waals surface area contributed by atoms with Crippen LogP contribution in [0.4, 0.5) is 0 Å². The fourth-order valence-corrected chi connectivity index (χ4v) is 1.51. The van der Waals surface area contributed by atoms with Crippen molar-refractivity contribution in [2.75, 3.05) is 0 Å². The van der Waals surface area contributed by atoms with Gasteiger partial charge < -0.3 is 4.74 Å². The molecule has 1 heterocycles. The SMILES string of the molecule is Cc1cc(C=O)cnc1Oc1ccccc1C#N. The van der Waals surface area contributed by atoms with Crippen LogP contribution in [0.3, 0.4) is 0 Å². The van der Waals surface area contributed by atoms with Crippen molar-refractivity contribution in [3.8, 4) is 17.7 Å². The van der Waals surface area contributed by atoms with Crippen LogP contribution in [-0.4, -0.2) is 11.3 Å². The van der Waals surface area contributed by atoms with Crippen LogP contribution in [0.5, 0.6) is 11.6 Å². The van der Waals surface area contributed by atoms with Crippen LogP contribution >= 0.6 is 0 Å². The number of hydrogen-bond donors (Lipinski definition) is 0. The van der Waals surface area contributed by atoms with Crippen LogP contribution in [0, 0.1) is 18.3 Å². The zero-order chi connectivity index (χ0) is 13.0. The van der Waals surface area contributed by atoms with Gasteiger partial charge in [-0.05, 0) is 25.1 Å². The van der Waals surface area contributed by atoms with E-state index in [1.165, 1.54) is 6.20 Å². The molecule has 1 aromatic heterocycles. The zero-order valence-electron chi connectivity index (χ0n) is 9.75. The highest BCUT2D eigenvalue weighted by molar-refractivity contribution is 5.74. The molecule has 0 atom stereocenters. The molecule has 0 saturated heterocycles. The molecule has 0 amide bonds. The smallest absolute Gasteiger partial charge is 0.222 e. The summed E-state index contributed by atoms with van der Waals surface area (Å²) in [4.78, 5) is 14.7. The summed E-state index contributed by atoms with van der Waals surface area (Å²) in [7, 11) is 0. The average molecular weight is 238 g/mol. The number of aldehydes is 1. The van der Waals surface area contributed by atoms with Gasteiger partial charge in [-0.15, -0.1) is 0 Å². The number of hydrogen-bond acceptors (Lipinski definition) is 4. The monoisotopic (exact) mass is 238 g/mol. The molecule has 0 N–H and O–H groups in total. The topological polar surface area (TPSA) is 63.0 Å². The highest BCUT2D eigenvalue weighted by atomic mass is 16.5. The van der Waals surface area contributed by atoms with E-state index < -0.39 is 0 Å². The van der Waals surface area contributed by atoms with Crippen molar-refractivity contribution < 1.29 is 9.53 Å². The summed E-state index contributed by atoms with van der Waals surface area (Å²) < 4.78 is 5.58. The molecule has 0 aliphatic carbocycles. The van der Waals surface area contributed by atoms with Crippen molar-refractivity contribution in [1.29, 1.82) is 5.26 Å². The fraction of sp³-hybridized carbons (Fsp3) is 0.0714. The first kappa shape index (κ1) is 11.8. The molecule has 0 unspecified atom stereocenters. The first-order valence-corrected chi connectivity index (χ1v) is 5.33. The summed E-state index contributed by atoms with van der Waals surface area (Å²) in [5, 5.41) is 8.95. The Hall–Kier alpha value is -2.67. The van der Waals surface area contributed by atoms with Gasteiger partial charge >= 0.3 is 0 Å². The second-order valence-electron chi connectivity index (χ2n) is 3.72. The number of aromatic nitrogens is 1. The lowest BCUT2D eigenvalue weighted by atomic mass is 10.2. The summed E-state index contributed by atoms with van der Waals surface area (Å²) in [5.41, 5.74) is 1.68. The van der Waals surface area contributed by atoms with Crippen molar-refractivity contribution in [2.45, 2.75) is 6.92 Å². The molecule has 0 saturated carbocycles. The van der Waals surface area contributed by atoms with Crippen molar-refractivity contribution >= 4 is 6.29 Å². The molecule has 1 aromatic carbocycles. The molecule has 0 aliphatic heterocycles. The molecular weight excluding hydrogens is 228 g/mol. The molecule has 0 bridgehead atoms. The Kier molecular flexibility index (Phi) is 3.35. The van der Waals surface area contributed by atoms with E-state index in [1.54, 1.807) is 37.3 Å². The van der Waals surface area contributed by atoms with Gasteiger partial charge in [-0.1, -0.05) is 12.1 Å². The Bertz CT molecular complexity index is 630. The fourth-order valence-electron chi connectivity index (χ4n) is 1.51. The van der Waals surface area contributed by atoms with E-state index in [2.05, 4.69) is 4.98 Å². The maximum Gasteiger partial charge on any atom is 0.222 e. The largest absolute Gasteiger partial charge is 0.437 e. The molecule has 2 rings (SSSR count). The van der Waals surface area contributed by atoms with Crippen molar-refractivity contribution in [2.24, 2.45) is 0 Å². The lowest BCUT2D eigenvalue weighted by Gasteiger charge is -2.08. The Morgan fingerprint density at radius 3 is 2.83 bits per heavy atom. The van der Waals surface area contributed by atoms with E-state index >= 15 is 0 Å². The number of nitrogens with zero attached hydrogens (tertiary/aromatic N) is 2. The van der Waals surface area contributed by atoms with Crippen LogP contribution in [0.2, 0.25) is 0 Å². The zero-order valence-corrected chi connectivity index (χ0v) is 9.75. The predicted molar refractivity (Wildman–Crippen MR) is 65.6 cm³/mol. The van der Waals surface area contributed by atoms with Crippen LogP contribution < -0.4 is 4.74 Å². The normalized spacial score (nSPS) is 9.56. The summed E-state index contributed by atoms with van der Waals surface area (Å²) >= 11 is 0. The minimum absolute atomic E-state index is 0.392. The molecule has 4 heteroatoms. The highest BCUT2D eigenvalue weighted by Gasteiger charge is 2.07. The molecule has 0 radical (unpaired) electrons. The number of pyridine rings is 1. The summed E-state index contributed by atoms with van der Waals surface area (Å²) in [6.07, 6.45) is 2.16. The van der Waals surface area contributed by atoms with Gasteiger partial charge in [-0.25, -0.2) is 4.98 Å². The Morgan fingerprint density at radius 2 is 2.17 bits per heavy atom. The third kappa shape index (κ3) is 2.36. The predicted octanol–water partition coefficient (Wildman–Crippen LogP) is 2.87. The number of para-hydroxylation sites is 1. The minimum atomic E-state index is 0.392. The molecule has 0 aliphatic rings. The van der Waals surface area contributed by atoms with E-state index in [0.717, 1.165) is 11.8 Å². The van der Waals surface area contributed by atoms with Crippen molar-refractivity contribution in [1.82, 2.24) is 4.98 Å². The molecule has 2 aromatic rings. The molecular formula is C14H10N2O2. The lowest BCUT2D eigenvalue weighted by Crippen LogP contribution is -1.95. The third-order valence-corrected chi connectivity index (χ3v) is 2.40. The van der Waals surface area contributed by atoms with E-state index in [0.29, 0.717) is 22.8 Å². The Morgan fingerprint density at radius 1 is 1.39 bits per heavy atom. The third-order valence-electron chi connectivity index (χ3n) is 2.40. The number of carbonyl (C=O) groups excluding carboxylic acids is 1. The van der Waals surface area contributed by atoms with Crippen LogP contribution in [0.15, 0.2) is 36.5 Å². The van der Waals surface area contributed by atoms with E-state index in [1.807, 2.05) is 6.07 Å². The Balaban J connectivity index is 2.35. The highest BCUT2D eigenvalue weighted by Crippen LogP contribution is 2.25. The van der Waals surface area contributed by atoms with Crippen molar-refractivity contribution in [3.05, 3.63) is 53.2 Å². The number of rotatable bonds is 3. The summed E-state index contributed by atoms with van der Waals surface area (Å²) in [6.45, 7) is 1.80. The van der Waals surface area contributed by atoms with Crippen LogP contribution in [-0.2, 0) is 0 Å². The number of aryl methyl sites for hydroxylation is 1. The van der Waals surface area contributed by atoms with Gasteiger partial charge in [0.1, 0.15) is 11.8 Å². The van der Waals surface area contributed by atoms with Gasteiger partial charge in [-0.2, -0.15) is 5.26 Å². The van der Waals surface area contributed by atoms with Gasteiger partial charge in [0.25, 0.3) is 0 Å². The molecule has 0 fully saturated rings. The summed E-state index contributed by atoms with van der Waals surface area (Å²) in [5.74, 6) is 0.845. The van der Waals surface area contributed by atoms with Gasteiger partial charge in [0.05, 0.1) is 5.56 Å². The second-order valence-corrected chi connectivity index (χ2v) is 3.72. The van der Waals surface area contributed by atoms with Gasteiger partial charge in [0.15, 0.2) is 6.29 Å². The maximum atomic E-state index is 10.6. The molecule has 88 valence electrons. The van der Waals surface area contributed by atoms with E-state index in [-0.39, 0.29) is 0 Å². The summed E-state index contributed by atoms with van der Waals surface area (Å²) in [6, 6.07) is 10.7. The van der Waals surface area contributed by atoms with Gasteiger partial charge in [0.2, 0.25) is 5.88 Å². The first-order chi connectivity index (χ1) is 8.74. The number of nitriles is 1. The molecule has 0 spiro atoms. The maximum absolute atomic E-state index is 10.6. The second kappa shape index (κ2) is 5.11. The standard InChI is InChI=1S/C14H10N2O2/c1-10-6-11(9-17)8-16-14(10)18-13-5-3-2-4-12(13)7-15/h2-6,8-9H,1H3. The Labute approximate surface area is 104 Å². The average Bonchev–Trinajstić information content (AvgIpc) is 2.41.